The van der Waals surface area contributed by atoms with Gasteiger partial charge in [-0.15, -0.1) is 11.3 Å². The van der Waals surface area contributed by atoms with Crippen LogP contribution < -0.4 is 0 Å². The van der Waals surface area contributed by atoms with E-state index in [2.05, 4.69) is 33.1 Å². The molecule has 1 aromatic rings. The molecule has 1 heterocycles. The molecule has 4 heteroatoms. The molecule has 0 saturated carbocycles. The predicted octanol–water partition coefficient (Wildman–Crippen LogP) is 2.25. The molecule has 0 amide bonds. The summed E-state index contributed by atoms with van der Waals surface area (Å²) in [6, 6.07) is 0. The molecule has 0 saturated heterocycles. The van der Waals surface area contributed by atoms with Gasteiger partial charge in [0.05, 0.1) is 0 Å². The summed E-state index contributed by atoms with van der Waals surface area (Å²) in [6.45, 7) is 0. The molecule has 0 atom stereocenters. The Bertz CT molecular complexity index is 196. The minimum atomic E-state index is 0.860. The van der Waals surface area contributed by atoms with Gasteiger partial charge in [0.2, 0.25) is 0 Å². The highest BCUT2D eigenvalue weighted by Crippen LogP contribution is 2.12. The van der Waals surface area contributed by atoms with Crippen molar-refractivity contribution in [1.82, 2.24) is 4.98 Å². The van der Waals surface area contributed by atoms with Gasteiger partial charge < -0.3 is 0 Å². The SMILES string of the molecule is S=Cc1nc(Br)cs1. The van der Waals surface area contributed by atoms with Crippen molar-refractivity contribution in [2.75, 3.05) is 0 Å². The Morgan fingerprint density at radius 2 is 2.62 bits per heavy atom. The van der Waals surface area contributed by atoms with Crippen molar-refractivity contribution in [2.24, 2.45) is 0 Å². The maximum Gasteiger partial charge on any atom is 0.128 e. The van der Waals surface area contributed by atoms with Gasteiger partial charge in [0.1, 0.15) is 9.61 Å². The number of thiazole rings is 1. The summed E-state index contributed by atoms with van der Waals surface area (Å²) in [5.74, 6) is 0. The van der Waals surface area contributed by atoms with Crippen molar-refractivity contribution < 1.29 is 0 Å². The first kappa shape index (κ1) is 6.32. The van der Waals surface area contributed by atoms with E-state index in [4.69, 9.17) is 0 Å². The van der Waals surface area contributed by atoms with Gasteiger partial charge in [-0.1, -0.05) is 12.2 Å². The second kappa shape index (κ2) is 2.66. The van der Waals surface area contributed by atoms with Crippen LogP contribution in [0.5, 0.6) is 0 Å². The normalized spacial score (nSPS) is 9.12. The van der Waals surface area contributed by atoms with Gasteiger partial charge in [-0.3, -0.25) is 0 Å². The van der Waals surface area contributed by atoms with Gasteiger partial charge in [0, 0.05) is 10.7 Å². The number of thiocarbonyl (C=S) groups is 1. The van der Waals surface area contributed by atoms with E-state index in [9.17, 15) is 0 Å². The van der Waals surface area contributed by atoms with Crippen LogP contribution >= 0.6 is 39.5 Å². The zero-order valence-electron chi connectivity index (χ0n) is 3.80. The molecule has 0 spiro atoms. The average molecular weight is 208 g/mol. The number of rotatable bonds is 1. The van der Waals surface area contributed by atoms with Gasteiger partial charge in [0.25, 0.3) is 0 Å². The molecule has 0 aliphatic rings. The fourth-order valence-electron chi connectivity index (χ4n) is 0.321. The minimum absolute atomic E-state index is 0.860. The molecule has 0 N–H and O–H groups in total. The summed E-state index contributed by atoms with van der Waals surface area (Å²) in [5, 5.41) is 4.35. The molecule has 0 aliphatic heterocycles. The highest BCUT2D eigenvalue weighted by atomic mass is 79.9. The van der Waals surface area contributed by atoms with Crippen LogP contribution in [0.4, 0.5) is 0 Å². The van der Waals surface area contributed by atoms with Crippen LogP contribution in [-0.2, 0) is 0 Å². The van der Waals surface area contributed by atoms with Gasteiger partial charge >= 0.3 is 0 Å². The second-order valence-electron chi connectivity index (χ2n) is 1.13. The third-order valence-electron chi connectivity index (χ3n) is 0.595. The van der Waals surface area contributed by atoms with E-state index in [1.165, 1.54) is 11.3 Å². The molecule has 1 aromatic heterocycles. The van der Waals surface area contributed by atoms with Crippen LogP contribution in [0.25, 0.3) is 0 Å². The maximum absolute atomic E-state index is 4.63. The van der Waals surface area contributed by atoms with Crippen molar-refractivity contribution in [1.29, 1.82) is 0 Å². The summed E-state index contributed by atoms with van der Waals surface area (Å²) in [7, 11) is 0. The maximum atomic E-state index is 4.63. The lowest BCUT2D eigenvalue weighted by atomic mass is 10.8. The van der Waals surface area contributed by atoms with Gasteiger partial charge in [-0.2, -0.15) is 0 Å². The molecular formula is C4H2BrNS2. The molecule has 0 fully saturated rings. The fraction of sp³-hybridized carbons (Fsp3) is 0. The standard InChI is InChI=1S/C4H2BrNS2/c5-3-2-8-4(1-7)6-3/h1-2H. The van der Waals surface area contributed by atoms with Crippen molar-refractivity contribution in [2.45, 2.75) is 0 Å². The Labute approximate surface area is 64.9 Å². The lowest BCUT2D eigenvalue weighted by Gasteiger charge is -1.71. The largest absolute Gasteiger partial charge is 0.229 e. The highest BCUT2D eigenvalue weighted by Gasteiger charge is 1.91. The molecule has 1 rings (SSSR count). The average Bonchev–Trinajstić information content (AvgIpc) is 2.14. The Balaban J connectivity index is 3.00. The Hall–Kier alpha value is 0.200. The summed E-state index contributed by atoms with van der Waals surface area (Å²) in [6.07, 6.45) is 0. The monoisotopic (exact) mass is 207 g/mol. The third kappa shape index (κ3) is 1.34. The lowest BCUT2D eigenvalue weighted by Crippen LogP contribution is -1.70. The van der Waals surface area contributed by atoms with E-state index in [-0.39, 0.29) is 0 Å². The Morgan fingerprint density at radius 3 is 2.88 bits per heavy atom. The minimum Gasteiger partial charge on any atom is -0.229 e. The molecular weight excluding hydrogens is 206 g/mol. The molecule has 42 valence electrons. The topological polar surface area (TPSA) is 12.9 Å². The van der Waals surface area contributed by atoms with Crippen LogP contribution in [0.15, 0.2) is 9.98 Å². The van der Waals surface area contributed by atoms with Crippen LogP contribution in [0, 0.1) is 0 Å². The van der Waals surface area contributed by atoms with Crippen LogP contribution in [-0.4, -0.2) is 10.4 Å². The number of hydrogen-bond acceptors (Lipinski definition) is 3. The van der Waals surface area contributed by atoms with E-state index in [1.54, 1.807) is 5.37 Å². The quantitative estimate of drug-likeness (QED) is 0.656. The van der Waals surface area contributed by atoms with E-state index in [1.807, 2.05) is 5.38 Å². The number of hydrogen-bond donors (Lipinski definition) is 0. The fourth-order valence-corrected chi connectivity index (χ4v) is 1.61. The van der Waals surface area contributed by atoms with Crippen molar-refractivity contribution in [3.8, 4) is 0 Å². The summed E-state index contributed by atoms with van der Waals surface area (Å²) < 4.78 is 0.860. The summed E-state index contributed by atoms with van der Waals surface area (Å²) >= 11 is 9.37. The highest BCUT2D eigenvalue weighted by molar-refractivity contribution is 9.10. The molecule has 0 bridgehead atoms. The summed E-state index contributed by atoms with van der Waals surface area (Å²) in [4.78, 5) is 4.00. The smallest absolute Gasteiger partial charge is 0.128 e. The molecule has 0 aromatic carbocycles. The van der Waals surface area contributed by atoms with Gasteiger partial charge in [-0.25, -0.2) is 4.98 Å². The van der Waals surface area contributed by atoms with E-state index in [0.717, 1.165) is 9.61 Å². The zero-order chi connectivity index (χ0) is 5.98. The molecule has 0 aliphatic carbocycles. The zero-order valence-corrected chi connectivity index (χ0v) is 7.02. The van der Waals surface area contributed by atoms with Crippen molar-refractivity contribution >= 4 is 44.9 Å². The first-order valence-electron chi connectivity index (χ1n) is 1.89. The van der Waals surface area contributed by atoms with E-state index in [0.29, 0.717) is 0 Å². The van der Waals surface area contributed by atoms with E-state index < -0.39 is 0 Å². The number of nitrogens with zero attached hydrogens (tertiary/aromatic N) is 1. The molecule has 0 unspecified atom stereocenters. The first-order valence-corrected chi connectivity index (χ1v) is 4.03. The van der Waals surface area contributed by atoms with Crippen molar-refractivity contribution in [3.63, 3.8) is 0 Å². The lowest BCUT2D eigenvalue weighted by molar-refractivity contribution is 1.35. The van der Waals surface area contributed by atoms with E-state index >= 15 is 0 Å². The second-order valence-corrected chi connectivity index (χ2v) is 3.06. The number of halogens is 1. The first-order chi connectivity index (χ1) is 3.83. The van der Waals surface area contributed by atoms with Crippen LogP contribution in [0.3, 0.4) is 0 Å². The molecule has 8 heavy (non-hydrogen) atoms. The predicted molar refractivity (Wildman–Crippen MR) is 42.6 cm³/mol. The Kier molecular flexibility index (Phi) is 2.10. The van der Waals surface area contributed by atoms with Crippen LogP contribution in [0.2, 0.25) is 0 Å². The summed E-state index contributed by atoms with van der Waals surface area (Å²) in [5.41, 5.74) is 0. The van der Waals surface area contributed by atoms with Crippen molar-refractivity contribution in [3.05, 3.63) is 15.0 Å². The Morgan fingerprint density at radius 1 is 1.88 bits per heavy atom. The molecule has 1 nitrogen and oxygen atoms in total. The van der Waals surface area contributed by atoms with Gasteiger partial charge in [0.15, 0.2) is 0 Å². The third-order valence-corrected chi connectivity index (χ3v) is 2.47. The number of aromatic nitrogens is 1. The van der Waals surface area contributed by atoms with Crippen LogP contribution in [0.1, 0.15) is 5.01 Å². The molecule has 0 radical (unpaired) electrons. The van der Waals surface area contributed by atoms with Gasteiger partial charge in [-0.05, 0) is 15.9 Å².